The van der Waals surface area contributed by atoms with Crippen LogP contribution in [-0.4, -0.2) is 95.7 Å². The summed E-state index contributed by atoms with van der Waals surface area (Å²) < 4.78 is 10.9. The molecule has 0 spiro atoms. The molecule has 18 heteroatoms. The zero-order valence-electron chi connectivity index (χ0n) is 41.8. The number of hydrogen-bond donors (Lipinski definition) is 6. The molecule has 2 fully saturated rings. The summed E-state index contributed by atoms with van der Waals surface area (Å²) in [7, 11) is 2.86. The predicted molar refractivity (Wildman–Crippen MR) is 261 cm³/mol. The van der Waals surface area contributed by atoms with E-state index in [0.717, 1.165) is 25.7 Å². The van der Waals surface area contributed by atoms with Crippen LogP contribution in [-0.2, 0) is 19.2 Å². The minimum Gasteiger partial charge on any atom is -0.494 e. The number of azo groups is 2. The van der Waals surface area contributed by atoms with Gasteiger partial charge < -0.3 is 41.4 Å². The van der Waals surface area contributed by atoms with Gasteiger partial charge in [-0.1, -0.05) is 0 Å². The number of carbonyl (C=O) groups excluding carboxylic acids is 6. The fourth-order valence-electron chi connectivity index (χ4n) is 9.57. The van der Waals surface area contributed by atoms with Gasteiger partial charge in [-0.05, 0) is 168 Å². The van der Waals surface area contributed by atoms with Gasteiger partial charge in [0.15, 0.2) is 11.6 Å². The van der Waals surface area contributed by atoms with Crippen molar-refractivity contribution in [2.75, 3.05) is 24.9 Å². The van der Waals surface area contributed by atoms with E-state index in [2.05, 4.69) is 108 Å². The van der Waals surface area contributed by atoms with Gasteiger partial charge in [0, 0.05) is 56.7 Å². The van der Waals surface area contributed by atoms with Crippen molar-refractivity contribution in [2.45, 2.75) is 155 Å². The number of ether oxygens (including phenoxy) is 2. The fourth-order valence-corrected chi connectivity index (χ4v) is 9.57. The molecule has 0 aliphatic carbocycles. The zero-order valence-corrected chi connectivity index (χ0v) is 41.8. The Morgan fingerprint density at radius 3 is 1.18 bits per heavy atom. The molecule has 5 rings (SSSR count). The van der Waals surface area contributed by atoms with Crippen LogP contribution in [0, 0.1) is 13.8 Å². The highest BCUT2D eigenvalue weighted by molar-refractivity contribution is 6.12. The summed E-state index contributed by atoms with van der Waals surface area (Å²) in [6.07, 6.45) is 2.93. The van der Waals surface area contributed by atoms with E-state index in [9.17, 15) is 28.8 Å². The molecule has 2 heterocycles. The smallest absolute Gasteiger partial charge is 0.258 e. The first-order chi connectivity index (χ1) is 31.6. The molecule has 0 saturated carbocycles. The largest absolute Gasteiger partial charge is 0.494 e. The molecular weight excluding hydrogens is 869 g/mol. The highest BCUT2D eigenvalue weighted by atomic mass is 16.5. The van der Waals surface area contributed by atoms with Gasteiger partial charge in [-0.3, -0.25) is 28.8 Å². The quantitative estimate of drug-likeness (QED) is 0.0602. The fraction of sp³-hybridized carbons (Fsp3) is 0.520. The second-order valence-electron chi connectivity index (χ2n) is 20.6. The molecule has 2 unspecified atom stereocenters. The molecule has 2 saturated heterocycles. The third-order valence-corrected chi connectivity index (χ3v) is 11.8. The maximum Gasteiger partial charge on any atom is 0.258 e. The third-order valence-electron chi connectivity index (χ3n) is 11.8. The number of methoxy groups -OCH3 is 2. The van der Waals surface area contributed by atoms with E-state index in [0.29, 0.717) is 33.6 Å². The zero-order chi connectivity index (χ0) is 50.5. The summed E-state index contributed by atoms with van der Waals surface area (Å²) >= 11 is 0. The normalized spacial score (nSPS) is 18.6. The Bertz CT molecular complexity index is 2310. The van der Waals surface area contributed by atoms with Crippen LogP contribution in [0.15, 0.2) is 69.0 Å². The number of amides is 4. The molecule has 3 aromatic rings. The maximum atomic E-state index is 13.6. The molecule has 2 atom stereocenters. The summed E-state index contributed by atoms with van der Waals surface area (Å²) in [5.74, 6) is -2.75. The number of aryl methyl sites for hydroxylation is 2. The Morgan fingerprint density at radius 1 is 0.559 bits per heavy atom. The van der Waals surface area contributed by atoms with Crippen LogP contribution in [0.4, 0.5) is 22.7 Å². The highest BCUT2D eigenvalue weighted by Gasteiger charge is 2.40. The van der Waals surface area contributed by atoms with E-state index in [-0.39, 0.29) is 68.9 Å². The average molecular weight is 937 g/mol. The number of benzene rings is 3. The number of nitrogens with one attached hydrogen (secondary N) is 6. The van der Waals surface area contributed by atoms with Crippen molar-refractivity contribution in [3.05, 3.63) is 70.8 Å². The summed E-state index contributed by atoms with van der Waals surface area (Å²) in [4.78, 5) is 79.7. The molecule has 2 aliphatic heterocycles. The van der Waals surface area contributed by atoms with Gasteiger partial charge in [0.25, 0.3) is 23.6 Å². The molecule has 18 nitrogen and oxygen atoms in total. The van der Waals surface area contributed by atoms with Crippen molar-refractivity contribution in [2.24, 2.45) is 20.5 Å². The van der Waals surface area contributed by atoms with Crippen LogP contribution >= 0.6 is 0 Å². The first-order valence-corrected chi connectivity index (χ1v) is 22.7. The molecule has 0 bridgehead atoms. The lowest BCUT2D eigenvalue weighted by Gasteiger charge is -2.46. The first-order valence-electron chi connectivity index (χ1n) is 22.7. The minimum atomic E-state index is -1.56. The number of piperidine rings is 2. The summed E-state index contributed by atoms with van der Waals surface area (Å²) in [6.45, 7) is 22.6. The molecular formula is C50H68N10O8. The number of carbonyl (C=O) groups is 6. The monoisotopic (exact) mass is 937 g/mol. The molecule has 0 radical (unpaired) electrons. The summed E-state index contributed by atoms with van der Waals surface area (Å²) in [5.41, 5.74) is 1.88. The highest BCUT2D eigenvalue weighted by Crippen LogP contribution is 2.34. The van der Waals surface area contributed by atoms with E-state index < -0.39 is 35.5 Å². The van der Waals surface area contributed by atoms with Crippen molar-refractivity contribution in [1.29, 1.82) is 0 Å². The van der Waals surface area contributed by atoms with E-state index >= 15 is 0 Å². The van der Waals surface area contributed by atoms with Gasteiger partial charge >= 0.3 is 0 Å². The number of nitrogens with zero attached hydrogens (tertiary/aromatic N) is 4. The Kier molecular flexibility index (Phi) is 16.1. The van der Waals surface area contributed by atoms with Gasteiger partial charge in [-0.25, -0.2) is 0 Å². The lowest BCUT2D eigenvalue weighted by atomic mass is 9.79. The van der Waals surface area contributed by atoms with Crippen molar-refractivity contribution >= 4 is 57.9 Å². The van der Waals surface area contributed by atoms with Gasteiger partial charge in [-0.2, -0.15) is 20.5 Å². The molecule has 3 aromatic carbocycles. The lowest BCUT2D eigenvalue weighted by molar-refractivity contribution is -0.127. The second kappa shape index (κ2) is 20.9. The Labute approximate surface area is 399 Å². The van der Waals surface area contributed by atoms with Gasteiger partial charge in [-0.15, -0.1) is 0 Å². The molecule has 0 aromatic heterocycles. The topological polar surface area (TPSA) is 242 Å². The van der Waals surface area contributed by atoms with Crippen LogP contribution in [0.1, 0.15) is 127 Å². The Hall–Kier alpha value is -6.40. The van der Waals surface area contributed by atoms with E-state index in [1.54, 1.807) is 50.2 Å². The van der Waals surface area contributed by atoms with Gasteiger partial charge in [0.1, 0.15) is 22.9 Å². The first kappa shape index (κ1) is 52.6. The van der Waals surface area contributed by atoms with E-state index in [1.807, 2.05) is 0 Å². The number of ketones is 2. The SMILES string of the molecule is COc1ccc(C(=O)NC2CC(C)(C)NC(C)(C)C2)cc1N=NC(C(C)=O)C(=O)Nc1cc(C)c(NC(=O)C(N=Nc2cc(C(=O)NC3CC(C)(C)NC(C)(C)C3)ccc2OC)C(C)=O)cc1C. The number of rotatable bonds is 16. The minimum absolute atomic E-state index is 0.0777. The standard InChI is InChI=1S/C50H68N10O8/c1-27-19-36(54-46(66)42(30(4)62)58-56-38-22-32(16-18-40(38)68-14)44(64)52-34-25-49(9,10)60-50(11,12)26-34)28(2)20-35(27)53-45(65)41(29(3)61)57-55-37-21-31(15-17-39(37)67-13)43(63)51-33-23-47(5,6)59-48(7,8)24-33/h15-22,33-34,41-42,59-60H,23-26H2,1-14H3,(H,51,63)(H,52,64)(H,53,65)(H,54,66). The number of Topliss-reactive ketones (excluding diaryl/α,β-unsaturated/α-hetero) is 2. The molecule has 68 heavy (non-hydrogen) atoms. The molecule has 2 aliphatic rings. The number of anilines is 2. The van der Waals surface area contributed by atoms with Gasteiger partial charge in [0.05, 0.1) is 14.2 Å². The van der Waals surface area contributed by atoms with Crippen molar-refractivity contribution in [3.63, 3.8) is 0 Å². The third kappa shape index (κ3) is 13.8. The van der Waals surface area contributed by atoms with Crippen LogP contribution in [0.2, 0.25) is 0 Å². The molecule has 366 valence electrons. The van der Waals surface area contributed by atoms with Crippen molar-refractivity contribution in [3.8, 4) is 11.5 Å². The van der Waals surface area contributed by atoms with Crippen LogP contribution in [0.25, 0.3) is 0 Å². The van der Waals surface area contributed by atoms with Crippen molar-refractivity contribution in [1.82, 2.24) is 21.3 Å². The summed E-state index contributed by atoms with van der Waals surface area (Å²) in [6, 6.07) is 9.30. The van der Waals surface area contributed by atoms with Crippen LogP contribution in [0.3, 0.4) is 0 Å². The predicted octanol–water partition coefficient (Wildman–Crippen LogP) is 7.76. The van der Waals surface area contributed by atoms with E-state index in [1.165, 1.54) is 40.2 Å². The average Bonchev–Trinajstić information content (AvgIpc) is 3.20. The van der Waals surface area contributed by atoms with E-state index in [4.69, 9.17) is 9.47 Å². The Balaban J connectivity index is 1.27. The van der Waals surface area contributed by atoms with Crippen LogP contribution in [0.5, 0.6) is 11.5 Å². The molecule has 4 amide bonds. The maximum absolute atomic E-state index is 13.6. The van der Waals surface area contributed by atoms with Crippen LogP contribution < -0.4 is 41.4 Å². The Morgan fingerprint density at radius 2 is 0.882 bits per heavy atom. The van der Waals surface area contributed by atoms with Gasteiger partial charge in [0.2, 0.25) is 12.1 Å². The van der Waals surface area contributed by atoms with Crippen molar-refractivity contribution < 1.29 is 38.2 Å². The summed E-state index contributed by atoms with van der Waals surface area (Å²) in [5, 5.41) is 35.6. The lowest BCUT2D eigenvalue weighted by Crippen LogP contribution is -2.62. The second-order valence-corrected chi connectivity index (χ2v) is 20.6. The number of hydrogen-bond acceptors (Lipinski definition) is 14. The molecule has 6 N–H and O–H groups in total.